The molecule has 0 saturated heterocycles. The van der Waals surface area contributed by atoms with Gasteiger partial charge in [0, 0.05) is 10.4 Å². The number of carbonyl (C=O) groups is 1. The molecule has 1 atom stereocenters. The van der Waals surface area contributed by atoms with Crippen molar-refractivity contribution in [2.45, 2.75) is 13.0 Å². The molecule has 0 saturated carbocycles. The van der Waals surface area contributed by atoms with E-state index in [0.717, 1.165) is 16.5 Å². The lowest BCUT2D eigenvalue weighted by Crippen LogP contribution is -2.46. The van der Waals surface area contributed by atoms with Gasteiger partial charge in [-0.2, -0.15) is 0 Å². The number of hydrogen-bond donors (Lipinski definition) is 0. The van der Waals surface area contributed by atoms with Crippen LogP contribution in [0.5, 0.6) is 11.5 Å². The van der Waals surface area contributed by atoms with Crippen molar-refractivity contribution >= 4 is 34.0 Å². The average Bonchev–Trinajstić information content (AvgIpc) is 2.65. The second-order valence-electron chi connectivity index (χ2n) is 6.19. The predicted octanol–water partition coefficient (Wildman–Crippen LogP) is 4.69. The van der Waals surface area contributed by atoms with E-state index in [1.165, 1.54) is 0 Å². The van der Waals surface area contributed by atoms with Gasteiger partial charge in [-0.3, -0.25) is 4.79 Å². The number of fused-ring (bicyclic) bond motifs is 2. The minimum absolute atomic E-state index is 0.0960. The summed E-state index contributed by atoms with van der Waals surface area (Å²) < 4.78 is 11.6. The summed E-state index contributed by atoms with van der Waals surface area (Å²) in [5.74, 6) is 1.37. The van der Waals surface area contributed by atoms with Gasteiger partial charge in [-0.05, 0) is 36.6 Å². The average molecular weight is 368 g/mol. The Hall–Kier alpha value is -2.72. The summed E-state index contributed by atoms with van der Waals surface area (Å²) in [6.07, 6.45) is -0.527. The normalized spacial score (nSPS) is 16.3. The molecule has 0 radical (unpaired) electrons. The summed E-state index contributed by atoms with van der Waals surface area (Å²) in [5, 5.41) is 2.74. The summed E-state index contributed by atoms with van der Waals surface area (Å²) in [6.45, 7) is 2.54. The molecule has 0 fully saturated rings. The van der Waals surface area contributed by atoms with Crippen molar-refractivity contribution in [2.24, 2.45) is 0 Å². The van der Waals surface area contributed by atoms with Crippen LogP contribution in [0.15, 0.2) is 60.7 Å². The molecule has 0 bridgehead atoms. The Kier molecular flexibility index (Phi) is 4.43. The molecule has 1 aliphatic heterocycles. The highest BCUT2D eigenvalue weighted by Crippen LogP contribution is 2.36. The summed E-state index contributed by atoms with van der Waals surface area (Å²) in [6, 6.07) is 19.3. The molecular weight excluding hydrogens is 350 g/mol. The van der Waals surface area contributed by atoms with Gasteiger partial charge in [-0.1, -0.05) is 48.0 Å². The van der Waals surface area contributed by atoms with E-state index in [4.69, 9.17) is 21.1 Å². The van der Waals surface area contributed by atoms with Gasteiger partial charge < -0.3 is 14.4 Å². The van der Waals surface area contributed by atoms with Crippen molar-refractivity contribution in [3.05, 3.63) is 65.7 Å². The number of halogens is 1. The zero-order chi connectivity index (χ0) is 18.1. The first-order chi connectivity index (χ1) is 12.6. The SMILES string of the molecule is CC1Oc2ccc(Cl)cc2N(CCOc2cccc3ccccc23)C1=O. The molecule has 3 aromatic rings. The van der Waals surface area contributed by atoms with Crippen LogP contribution in [0.4, 0.5) is 5.69 Å². The Labute approximate surface area is 156 Å². The third-order valence-corrected chi connectivity index (χ3v) is 4.69. The molecule has 1 amide bonds. The molecule has 1 unspecified atom stereocenters. The molecular formula is C21H18ClNO3. The van der Waals surface area contributed by atoms with Crippen molar-refractivity contribution in [1.82, 2.24) is 0 Å². The third kappa shape index (κ3) is 3.08. The van der Waals surface area contributed by atoms with Gasteiger partial charge in [0.2, 0.25) is 0 Å². The van der Waals surface area contributed by atoms with Crippen molar-refractivity contribution in [3.8, 4) is 11.5 Å². The van der Waals surface area contributed by atoms with Crippen molar-refractivity contribution in [2.75, 3.05) is 18.1 Å². The standard InChI is InChI=1S/C21H18ClNO3/c1-14-21(24)23(18-13-16(22)9-10-20(18)26-14)11-12-25-19-8-4-6-15-5-2-3-7-17(15)19/h2-10,13-14H,11-12H2,1H3. The van der Waals surface area contributed by atoms with Crippen LogP contribution in [0, 0.1) is 0 Å². The summed E-state index contributed by atoms with van der Waals surface area (Å²) in [7, 11) is 0. The Bertz CT molecular complexity index is 967. The summed E-state index contributed by atoms with van der Waals surface area (Å²) in [5.41, 5.74) is 0.683. The van der Waals surface area contributed by atoms with Crippen LogP contribution < -0.4 is 14.4 Å². The Morgan fingerprint density at radius 2 is 1.92 bits per heavy atom. The van der Waals surface area contributed by atoms with E-state index in [1.807, 2.05) is 42.5 Å². The molecule has 4 nitrogen and oxygen atoms in total. The molecule has 1 aliphatic rings. The van der Waals surface area contributed by atoms with Gasteiger partial charge in [-0.25, -0.2) is 0 Å². The van der Waals surface area contributed by atoms with E-state index in [2.05, 4.69) is 0 Å². The van der Waals surface area contributed by atoms with Crippen molar-refractivity contribution in [1.29, 1.82) is 0 Å². The van der Waals surface area contributed by atoms with Crippen LogP contribution in [0.3, 0.4) is 0 Å². The van der Waals surface area contributed by atoms with E-state index in [1.54, 1.807) is 30.0 Å². The molecule has 0 N–H and O–H groups in total. The van der Waals surface area contributed by atoms with E-state index in [9.17, 15) is 4.79 Å². The van der Waals surface area contributed by atoms with Gasteiger partial charge in [0.25, 0.3) is 5.91 Å². The summed E-state index contributed by atoms with van der Waals surface area (Å²) in [4.78, 5) is 14.2. The zero-order valence-corrected chi connectivity index (χ0v) is 15.1. The molecule has 0 aliphatic carbocycles. The fourth-order valence-electron chi connectivity index (χ4n) is 3.18. The summed E-state index contributed by atoms with van der Waals surface area (Å²) >= 11 is 6.10. The quantitative estimate of drug-likeness (QED) is 0.671. The third-order valence-electron chi connectivity index (χ3n) is 4.45. The maximum atomic E-state index is 12.6. The van der Waals surface area contributed by atoms with E-state index in [0.29, 0.717) is 29.6 Å². The number of anilines is 1. The minimum Gasteiger partial charge on any atom is -0.491 e. The molecule has 132 valence electrons. The van der Waals surface area contributed by atoms with Gasteiger partial charge in [0.1, 0.15) is 18.1 Å². The monoisotopic (exact) mass is 367 g/mol. The second-order valence-corrected chi connectivity index (χ2v) is 6.62. The molecule has 0 spiro atoms. The number of ether oxygens (including phenoxy) is 2. The van der Waals surface area contributed by atoms with E-state index < -0.39 is 6.10 Å². The number of hydrogen-bond acceptors (Lipinski definition) is 3. The molecule has 3 aromatic carbocycles. The molecule has 1 heterocycles. The lowest BCUT2D eigenvalue weighted by atomic mass is 10.1. The zero-order valence-electron chi connectivity index (χ0n) is 14.3. The van der Waals surface area contributed by atoms with Crippen molar-refractivity contribution < 1.29 is 14.3 Å². The van der Waals surface area contributed by atoms with Gasteiger partial charge in [0.05, 0.1) is 12.2 Å². The van der Waals surface area contributed by atoms with Crippen LogP contribution in [0.2, 0.25) is 5.02 Å². The maximum absolute atomic E-state index is 12.6. The highest BCUT2D eigenvalue weighted by molar-refractivity contribution is 6.31. The Morgan fingerprint density at radius 3 is 2.81 bits per heavy atom. The van der Waals surface area contributed by atoms with Crippen LogP contribution in [-0.4, -0.2) is 25.2 Å². The Balaban J connectivity index is 1.54. The van der Waals surface area contributed by atoms with Gasteiger partial charge >= 0.3 is 0 Å². The van der Waals surface area contributed by atoms with Crippen molar-refractivity contribution in [3.63, 3.8) is 0 Å². The van der Waals surface area contributed by atoms with Crippen LogP contribution in [0.25, 0.3) is 10.8 Å². The highest BCUT2D eigenvalue weighted by Gasteiger charge is 2.31. The largest absolute Gasteiger partial charge is 0.491 e. The van der Waals surface area contributed by atoms with Crippen LogP contribution in [-0.2, 0) is 4.79 Å². The first-order valence-corrected chi connectivity index (χ1v) is 8.89. The number of rotatable bonds is 4. The molecule has 4 rings (SSSR count). The van der Waals surface area contributed by atoms with E-state index in [-0.39, 0.29) is 5.91 Å². The maximum Gasteiger partial charge on any atom is 0.267 e. The number of carbonyl (C=O) groups excluding carboxylic acids is 1. The number of benzene rings is 3. The first-order valence-electron chi connectivity index (χ1n) is 8.51. The van der Waals surface area contributed by atoms with Crippen LogP contribution in [0.1, 0.15) is 6.92 Å². The smallest absolute Gasteiger partial charge is 0.267 e. The fourth-order valence-corrected chi connectivity index (χ4v) is 3.35. The predicted molar refractivity (Wildman–Crippen MR) is 103 cm³/mol. The first kappa shape index (κ1) is 16.7. The number of amides is 1. The topological polar surface area (TPSA) is 38.8 Å². The number of nitrogens with zero attached hydrogens (tertiary/aromatic N) is 1. The molecule has 5 heteroatoms. The second kappa shape index (κ2) is 6.89. The molecule has 0 aromatic heterocycles. The lowest BCUT2D eigenvalue weighted by Gasteiger charge is -2.33. The van der Waals surface area contributed by atoms with E-state index >= 15 is 0 Å². The van der Waals surface area contributed by atoms with Crippen LogP contribution >= 0.6 is 11.6 Å². The Morgan fingerprint density at radius 1 is 1.12 bits per heavy atom. The highest BCUT2D eigenvalue weighted by atomic mass is 35.5. The minimum atomic E-state index is -0.527. The van der Waals surface area contributed by atoms with Gasteiger partial charge in [-0.15, -0.1) is 0 Å². The van der Waals surface area contributed by atoms with Gasteiger partial charge in [0.15, 0.2) is 6.10 Å². The molecule has 26 heavy (non-hydrogen) atoms. The lowest BCUT2D eigenvalue weighted by molar-refractivity contribution is -0.125. The fraction of sp³-hybridized carbons (Fsp3) is 0.190.